The summed E-state index contributed by atoms with van der Waals surface area (Å²) < 4.78 is 7.57. The number of aryl methyl sites for hydroxylation is 1. The van der Waals surface area contributed by atoms with Crippen LogP contribution in [0, 0.1) is 6.92 Å². The molecule has 2 fully saturated rings. The zero-order valence-electron chi connectivity index (χ0n) is 14.3. The smallest absolute Gasteiger partial charge is 0.240 e. The Morgan fingerprint density at radius 1 is 1.38 bits per heavy atom. The number of rotatable bonds is 4. The molecule has 0 saturated carbocycles. The van der Waals surface area contributed by atoms with Crippen LogP contribution in [0.1, 0.15) is 30.7 Å². The predicted molar refractivity (Wildman–Crippen MR) is 93.2 cm³/mol. The van der Waals surface area contributed by atoms with Gasteiger partial charge in [-0.1, -0.05) is 0 Å². The number of hydrogen-bond acceptors (Lipinski definition) is 5. The van der Waals surface area contributed by atoms with Crippen molar-refractivity contribution in [3.63, 3.8) is 0 Å². The summed E-state index contributed by atoms with van der Waals surface area (Å²) in [5, 5.41) is 2.05. The van der Waals surface area contributed by atoms with E-state index in [9.17, 15) is 4.79 Å². The molecular weight excluding hydrogens is 324 g/mol. The Hall–Kier alpha value is -1.44. The fraction of sp³-hybridized carbons (Fsp3) is 0.647. The number of aromatic nitrogens is 2. The van der Waals surface area contributed by atoms with Crippen LogP contribution in [-0.4, -0.2) is 64.0 Å². The summed E-state index contributed by atoms with van der Waals surface area (Å²) in [6, 6.07) is 0.348. The van der Waals surface area contributed by atoms with Crippen LogP contribution in [0.4, 0.5) is 0 Å². The molecule has 0 bridgehead atoms. The zero-order valence-corrected chi connectivity index (χ0v) is 15.1. The Morgan fingerprint density at radius 2 is 2.17 bits per heavy atom. The van der Waals surface area contributed by atoms with Crippen molar-refractivity contribution in [3.8, 4) is 0 Å². The molecule has 7 heteroatoms. The Morgan fingerprint density at radius 3 is 2.96 bits per heavy atom. The van der Waals surface area contributed by atoms with Crippen molar-refractivity contribution in [2.24, 2.45) is 0 Å². The van der Waals surface area contributed by atoms with Gasteiger partial charge in [0.2, 0.25) is 5.91 Å². The molecule has 6 nitrogen and oxygen atoms in total. The number of ether oxygens (including phenoxy) is 1. The second kappa shape index (κ2) is 6.46. The third-order valence-corrected chi connectivity index (χ3v) is 6.09. The number of fused-ring (bicyclic) bond motifs is 1. The lowest BCUT2D eigenvalue weighted by molar-refractivity contribution is -0.135. The largest absolute Gasteiger partial charge is 0.381 e. The van der Waals surface area contributed by atoms with Gasteiger partial charge >= 0.3 is 0 Å². The first-order valence-corrected chi connectivity index (χ1v) is 9.52. The van der Waals surface area contributed by atoms with E-state index in [0.717, 1.165) is 56.2 Å². The molecule has 1 amide bonds. The van der Waals surface area contributed by atoms with Crippen LogP contribution in [0.15, 0.2) is 11.6 Å². The molecule has 4 heterocycles. The zero-order chi connectivity index (χ0) is 16.7. The molecule has 0 aliphatic carbocycles. The number of carbonyl (C=O) groups is 1. The molecule has 4 rings (SSSR count). The van der Waals surface area contributed by atoms with Crippen LogP contribution in [0.25, 0.3) is 4.96 Å². The van der Waals surface area contributed by atoms with Crippen LogP contribution in [-0.2, 0) is 16.1 Å². The molecule has 1 unspecified atom stereocenters. The monoisotopic (exact) mass is 348 g/mol. The lowest BCUT2D eigenvalue weighted by Gasteiger charge is -2.32. The Labute approximate surface area is 146 Å². The van der Waals surface area contributed by atoms with E-state index in [1.807, 2.05) is 6.92 Å². The molecule has 0 N–H and O–H groups in total. The Balaban J connectivity index is 1.46. The van der Waals surface area contributed by atoms with Crippen LogP contribution in [0.5, 0.6) is 0 Å². The lowest BCUT2D eigenvalue weighted by atomic mass is 10.1. The first-order valence-electron chi connectivity index (χ1n) is 8.64. The van der Waals surface area contributed by atoms with Gasteiger partial charge in [-0.2, -0.15) is 0 Å². The van der Waals surface area contributed by atoms with Gasteiger partial charge in [0.25, 0.3) is 0 Å². The molecule has 2 saturated heterocycles. The molecule has 0 radical (unpaired) electrons. The van der Waals surface area contributed by atoms with Gasteiger partial charge in [0.1, 0.15) is 0 Å². The average Bonchev–Trinajstić information content (AvgIpc) is 3.25. The molecule has 1 atom stereocenters. The third-order valence-electron chi connectivity index (χ3n) is 5.34. The van der Waals surface area contributed by atoms with Crippen molar-refractivity contribution in [2.75, 3.05) is 26.8 Å². The normalized spacial score (nSPS) is 23.0. The van der Waals surface area contributed by atoms with Gasteiger partial charge in [-0.05, 0) is 33.2 Å². The average molecular weight is 348 g/mol. The maximum Gasteiger partial charge on any atom is 0.240 e. The molecule has 0 spiro atoms. The van der Waals surface area contributed by atoms with Crippen molar-refractivity contribution in [1.29, 1.82) is 0 Å². The van der Waals surface area contributed by atoms with E-state index >= 15 is 0 Å². The Kier molecular flexibility index (Phi) is 4.32. The van der Waals surface area contributed by atoms with Gasteiger partial charge in [0, 0.05) is 43.9 Å². The van der Waals surface area contributed by atoms with Crippen LogP contribution in [0.2, 0.25) is 0 Å². The second-order valence-electron chi connectivity index (χ2n) is 6.79. The molecule has 2 aliphatic rings. The summed E-state index contributed by atoms with van der Waals surface area (Å²) in [4.78, 5) is 22.8. The summed E-state index contributed by atoms with van der Waals surface area (Å²) in [5.74, 6) is 0.285. The maximum atomic E-state index is 12.9. The molecular formula is C17H24N4O2S. The lowest BCUT2D eigenvalue weighted by Crippen LogP contribution is -2.45. The Bertz CT molecular complexity index is 734. The summed E-state index contributed by atoms with van der Waals surface area (Å²) in [6.45, 7) is 5.23. The van der Waals surface area contributed by atoms with E-state index in [1.54, 1.807) is 11.3 Å². The molecule has 2 aromatic heterocycles. The predicted octanol–water partition coefficient (Wildman–Crippen LogP) is 1.92. The summed E-state index contributed by atoms with van der Waals surface area (Å²) in [6.07, 6.45) is 4.92. The van der Waals surface area contributed by atoms with E-state index < -0.39 is 0 Å². The highest BCUT2D eigenvalue weighted by Crippen LogP contribution is 2.25. The van der Waals surface area contributed by atoms with Crippen LogP contribution < -0.4 is 0 Å². The molecule has 0 aromatic carbocycles. The minimum Gasteiger partial charge on any atom is -0.381 e. The number of thiazole rings is 1. The summed E-state index contributed by atoms with van der Waals surface area (Å²) >= 11 is 1.65. The fourth-order valence-corrected chi connectivity index (χ4v) is 4.71. The maximum absolute atomic E-state index is 12.9. The minimum absolute atomic E-state index is 0.0172. The fourth-order valence-electron chi connectivity index (χ4n) is 3.93. The first kappa shape index (κ1) is 16.1. The van der Waals surface area contributed by atoms with Gasteiger partial charge in [0.05, 0.1) is 17.4 Å². The number of amides is 1. The van der Waals surface area contributed by atoms with Crippen LogP contribution in [0.3, 0.4) is 0 Å². The van der Waals surface area contributed by atoms with E-state index in [1.165, 1.54) is 5.69 Å². The molecule has 24 heavy (non-hydrogen) atoms. The SMILES string of the molecule is Cc1nc2sccn2c1CN(C)C1CCN(C2CCOCC2)C1=O. The number of nitrogens with zero attached hydrogens (tertiary/aromatic N) is 4. The number of carbonyl (C=O) groups excluding carboxylic acids is 1. The van der Waals surface area contributed by atoms with Gasteiger partial charge in [-0.3, -0.25) is 14.1 Å². The minimum atomic E-state index is -0.0172. The van der Waals surface area contributed by atoms with Crippen LogP contribution >= 0.6 is 11.3 Å². The van der Waals surface area contributed by atoms with E-state index in [0.29, 0.717) is 6.04 Å². The quantitative estimate of drug-likeness (QED) is 0.847. The van der Waals surface area contributed by atoms with Crippen molar-refractivity contribution in [3.05, 3.63) is 23.0 Å². The van der Waals surface area contributed by atoms with Crippen molar-refractivity contribution in [1.82, 2.24) is 19.2 Å². The summed E-state index contributed by atoms with van der Waals surface area (Å²) in [5.41, 5.74) is 2.24. The highest BCUT2D eigenvalue weighted by molar-refractivity contribution is 7.15. The highest BCUT2D eigenvalue weighted by atomic mass is 32.1. The first-order chi connectivity index (χ1) is 11.6. The van der Waals surface area contributed by atoms with Gasteiger partial charge in [0.15, 0.2) is 4.96 Å². The van der Waals surface area contributed by atoms with Crippen molar-refractivity contribution >= 4 is 22.2 Å². The second-order valence-corrected chi connectivity index (χ2v) is 7.67. The highest BCUT2D eigenvalue weighted by Gasteiger charge is 2.38. The third kappa shape index (κ3) is 2.74. The number of imidazole rings is 1. The van der Waals surface area contributed by atoms with Gasteiger partial charge in [-0.25, -0.2) is 4.98 Å². The molecule has 130 valence electrons. The standard InChI is InChI=1S/C17H24N4O2S/c1-12-15(21-7-10-24-17(21)18-12)11-19(2)14-3-6-20(16(14)22)13-4-8-23-9-5-13/h7,10,13-14H,3-6,8-9,11H2,1-2H3. The number of likely N-dealkylation sites (N-methyl/N-ethyl adjacent to an activating group) is 1. The molecule has 2 aliphatic heterocycles. The van der Waals surface area contributed by atoms with E-state index in [-0.39, 0.29) is 11.9 Å². The van der Waals surface area contributed by atoms with Gasteiger partial charge in [-0.15, -0.1) is 11.3 Å². The summed E-state index contributed by atoms with van der Waals surface area (Å²) in [7, 11) is 2.06. The number of hydrogen-bond donors (Lipinski definition) is 0. The van der Waals surface area contributed by atoms with Crippen molar-refractivity contribution in [2.45, 2.75) is 44.8 Å². The van der Waals surface area contributed by atoms with E-state index in [2.05, 4.69) is 37.8 Å². The van der Waals surface area contributed by atoms with Gasteiger partial charge < -0.3 is 9.64 Å². The molecule has 2 aromatic rings. The van der Waals surface area contributed by atoms with Crippen molar-refractivity contribution < 1.29 is 9.53 Å². The van der Waals surface area contributed by atoms with E-state index in [4.69, 9.17) is 4.74 Å². The topological polar surface area (TPSA) is 50.1 Å². The number of likely N-dealkylation sites (tertiary alicyclic amines) is 1.